The third-order valence-electron chi connectivity index (χ3n) is 6.89. The third-order valence-corrected chi connectivity index (χ3v) is 6.89. The first kappa shape index (κ1) is 26.1. The minimum Gasteiger partial charge on any atom is -0.484 e. The molecule has 2 aromatic carbocycles. The number of carbonyl (C=O) groups excluding carboxylic acids is 2. The number of amides is 2. The first-order valence-electron chi connectivity index (χ1n) is 13.2. The smallest absolute Gasteiger partial charge is 0.261 e. The number of hydrogen-bond acceptors (Lipinski definition) is 6. The highest BCUT2D eigenvalue weighted by Gasteiger charge is 2.31. The molecule has 0 aliphatic carbocycles. The van der Waals surface area contributed by atoms with Gasteiger partial charge in [0.25, 0.3) is 11.8 Å². The van der Waals surface area contributed by atoms with E-state index in [9.17, 15) is 9.59 Å². The molecule has 39 heavy (non-hydrogen) atoms. The summed E-state index contributed by atoms with van der Waals surface area (Å²) in [5, 5.41) is 7.48. The minimum atomic E-state index is -0.200. The summed E-state index contributed by atoms with van der Waals surface area (Å²) in [5.41, 5.74) is 2.25. The Morgan fingerprint density at radius 1 is 1.05 bits per heavy atom. The van der Waals surface area contributed by atoms with Crippen molar-refractivity contribution < 1.29 is 14.3 Å². The summed E-state index contributed by atoms with van der Waals surface area (Å²) in [6.45, 7) is 1.18. The number of H-pyrrole nitrogens is 1. The van der Waals surface area contributed by atoms with Gasteiger partial charge in [0.15, 0.2) is 12.4 Å². The second-order valence-electron chi connectivity index (χ2n) is 9.62. The van der Waals surface area contributed by atoms with Gasteiger partial charge in [-0.1, -0.05) is 36.4 Å². The van der Waals surface area contributed by atoms with Crippen LogP contribution in [-0.2, 0) is 11.2 Å². The second-order valence-corrected chi connectivity index (χ2v) is 9.62. The summed E-state index contributed by atoms with van der Waals surface area (Å²) in [6.07, 6.45) is 5.17. The number of pyridine rings is 1. The first-order valence-corrected chi connectivity index (χ1v) is 13.2. The summed E-state index contributed by atoms with van der Waals surface area (Å²) in [6, 6.07) is 22.2. The van der Waals surface area contributed by atoms with Crippen molar-refractivity contribution in [1.29, 1.82) is 0 Å². The van der Waals surface area contributed by atoms with Crippen LogP contribution in [0, 0.1) is 0 Å². The minimum absolute atomic E-state index is 0.0283. The van der Waals surface area contributed by atoms with Crippen LogP contribution in [0.1, 0.15) is 47.2 Å². The summed E-state index contributed by atoms with van der Waals surface area (Å²) >= 11 is 0. The van der Waals surface area contributed by atoms with Gasteiger partial charge >= 0.3 is 0 Å². The number of carbonyl (C=O) groups is 2. The molecule has 1 atom stereocenters. The Labute approximate surface area is 227 Å². The van der Waals surface area contributed by atoms with Crippen molar-refractivity contribution in [1.82, 2.24) is 30.0 Å². The predicted octanol–water partition coefficient (Wildman–Crippen LogP) is 4.31. The molecule has 0 bridgehead atoms. The Morgan fingerprint density at radius 3 is 2.72 bits per heavy atom. The van der Waals surface area contributed by atoms with E-state index in [0.29, 0.717) is 42.5 Å². The molecule has 1 fully saturated rings. The van der Waals surface area contributed by atoms with Gasteiger partial charge in [0.1, 0.15) is 11.6 Å². The van der Waals surface area contributed by atoms with Crippen molar-refractivity contribution in [3.8, 4) is 17.1 Å². The number of benzene rings is 2. The van der Waals surface area contributed by atoms with Crippen molar-refractivity contribution >= 4 is 11.8 Å². The van der Waals surface area contributed by atoms with E-state index in [4.69, 9.17) is 9.72 Å². The normalized spacial score (nSPS) is 15.1. The lowest BCUT2D eigenvalue weighted by molar-refractivity contribution is -0.137. The highest BCUT2D eigenvalue weighted by Crippen LogP contribution is 2.30. The first-order chi connectivity index (χ1) is 19.1. The molecule has 1 aliphatic heterocycles. The molecule has 9 nitrogen and oxygen atoms in total. The number of rotatable bonds is 9. The highest BCUT2D eigenvalue weighted by molar-refractivity contribution is 5.95. The van der Waals surface area contributed by atoms with Crippen LogP contribution >= 0.6 is 0 Å². The van der Waals surface area contributed by atoms with E-state index in [-0.39, 0.29) is 24.5 Å². The van der Waals surface area contributed by atoms with Crippen molar-refractivity contribution in [3.05, 3.63) is 96.1 Å². The molecule has 1 saturated heterocycles. The van der Waals surface area contributed by atoms with Crippen LogP contribution in [0.5, 0.6) is 5.75 Å². The Hall–Kier alpha value is -4.53. The lowest BCUT2D eigenvalue weighted by Crippen LogP contribution is -2.41. The second kappa shape index (κ2) is 12.3. The lowest BCUT2D eigenvalue weighted by atomic mass is 10.0. The van der Waals surface area contributed by atoms with Crippen molar-refractivity contribution in [2.75, 3.05) is 26.7 Å². The number of piperidine rings is 1. The molecule has 1 N–H and O–H groups in total. The van der Waals surface area contributed by atoms with Crippen LogP contribution in [0.4, 0.5) is 0 Å². The molecule has 1 aliphatic rings. The van der Waals surface area contributed by atoms with E-state index in [1.54, 1.807) is 24.2 Å². The van der Waals surface area contributed by atoms with Crippen LogP contribution < -0.4 is 4.74 Å². The Bertz CT molecular complexity index is 1390. The fourth-order valence-electron chi connectivity index (χ4n) is 4.75. The van der Waals surface area contributed by atoms with Crippen molar-refractivity contribution in [2.24, 2.45) is 0 Å². The van der Waals surface area contributed by atoms with Crippen LogP contribution in [-0.4, -0.2) is 68.5 Å². The number of hydrogen-bond donors (Lipinski definition) is 1. The quantitative estimate of drug-likeness (QED) is 0.350. The Balaban J connectivity index is 1.25. The van der Waals surface area contributed by atoms with Gasteiger partial charge in [0, 0.05) is 49.6 Å². The lowest BCUT2D eigenvalue weighted by Gasteiger charge is -2.34. The zero-order valence-corrected chi connectivity index (χ0v) is 22.0. The number of likely N-dealkylation sites (tertiary alicyclic amines) is 1. The molecule has 5 rings (SSSR count). The monoisotopic (exact) mass is 524 g/mol. The maximum absolute atomic E-state index is 13.1. The van der Waals surface area contributed by atoms with Crippen molar-refractivity contribution in [2.45, 2.75) is 31.7 Å². The standard InChI is InChI=1S/C30H32N6O3/c1-35(19-16-24-12-5-7-17-31-24)30(38)23-11-9-10-22(20-23)28-32-29(34-33-28)26-15-6-8-18-36(26)27(37)21-39-25-13-3-2-4-14-25/h2-5,7,9-14,17,20,26H,6,8,15-16,18-19,21H2,1H3,(H,32,33,34). The summed E-state index contributed by atoms with van der Waals surface area (Å²) in [4.78, 5) is 38.7. The van der Waals surface area contributed by atoms with Gasteiger partial charge in [-0.3, -0.25) is 19.7 Å². The fraction of sp³-hybridized carbons (Fsp3) is 0.300. The fourth-order valence-corrected chi connectivity index (χ4v) is 4.75. The van der Waals surface area contributed by atoms with E-state index in [0.717, 1.165) is 30.5 Å². The van der Waals surface area contributed by atoms with Gasteiger partial charge in [-0.15, -0.1) is 0 Å². The van der Waals surface area contributed by atoms with E-state index < -0.39 is 0 Å². The van der Waals surface area contributed by atoms with Gasteiger partial charge in [0.05, 0.1) is 6.04 Å². The number of nitrogens with one attached hydrogen (secondary N) is 1. The largest absolute Gasteiger partial charge is 0.484 e. The SMILES string of the molecule is CN(CCc1ccccn1)C(=O)c1cccc(-c2n[nH]c(C3CCCCN3C(=O)COc3ccccc3)n2)c1. The molecule has 2 amide bonds. The van der Waals surface area contributed by atoms with Crippen LogP contribution in [0.15, 0.2) is 79.0 Å². The van der Waals surface area contributed by atoms with Gasteiger partial charge in [-0.25, -0.2) is 4.98 Å². The number of para-hydroxylation sites is 1. The van der Waals surface area contributed by atoms with Gasteiger partial charge < -0.3 is 14.5 Å². The van der Waals surface area contributed by atoms with Crippen LogP contribution in [0.2, 0.25) is 0 Å². The average molecular weight is 525 g/mol. The zero-order valence-electron chi connectivity index (χ0n) is 22.0. The molecule has 0 saturated carbocycles. The molecule has 9 heteroatoms. The molecule has 0 radical (unpaired) electrons. The number of likely N-dealkylation sites (N-methyl/N-ethyl adjacent to an activating group) is 1. The number of aromatic amines is 1. The Kier molecular flexibility index (Phi) is 8.26. The number of ether oxygens (including phenoxy) is 1. The summed E-state index contributed by atoms with van der Waals surface area (Å²) in [5.74, 6) is 1.64. The van der Waals surface area contributed by atoms with E-state index >= 15 is 0 Å². The van der Waals surface area contributed by atoms with Gasteiger partial charge in [-0.2, -0.15) is 5.10 Å². The van der Waals surface area contributed by atoms with Gasteiger partial charge in [0.2, 0.25) is 0 Å². The molecule has 1 unspecified atom stereocenters. The number of nitrogens with zero attached hydrogens (tertiary/aromatic N) is 5. The predicted molar refractivity (Wildman–Crippen MR) is 147 cm³/mol. The van der Waals surface area contributed by atoms with Crippen LogP contribution in [0.3, 0.4) is 0 Å². The molecular formula is C30H32N6O3. The average Bonchev–Trinajstić information content (AvgIpc) is 3.50. The van der Waals surface area contributed by atoms with Gasteiger partial charge in [-0.05, 0) is 55.7 Å². The Morgan fingerprint density at radius 2 is 1.90 bits per heavy atom. The molecule has 2 aromatic heterocycles. The maximum atomic E-state index is 13.1. The van der Waals surface area contributed by atoms with E-state index in [1.807, 2.05) is 71.6 Å². The molecule has 4 aromatic rings. The molecule has 3 heterocycles. The van der Waals surface area contributed by atoms with Crippen molar-refractivity contribution in [3.63, 3.8) is 0 Å². The number of aromatic nitrogens is 4. The third kappa shape index (κ3) is 6.49. The summed E-state index contributed by atoms with van der Waals surface area (Å²) < 4.78 is 5.70. The molecule has 200 valence electrons. The zero-order chi connectivity index (χ0) is 27.0. The topological polar surface area (TPSA) is 104 Å². The molecule has 0 spiro atoms. The van der Waals surface area contributed by atoms with Crippen LogP contribution in [0.25, 0.3) is 11.4 Å². The maximum Gasteiger partial charge on any atom is 0.261 e. The molecular weight excluding hydrogens is 492 g/mol. The van der Waals surface area contributed by atoms with E-state index in [1.165, 1.54) is 0 Å². The van der Waals surface area contributed by atoms with E-state index in [2.05, 4.69) is 15.2 Å². The summed E-state index contributed by atoms with van der Waals surface area (Å²) in [7, 11) is 1.79. The highest BCUT2D eigenvalue weighted by atomic mass is 16.5.